The Bertz CT molecular complexity index is 163. The van der Waals surface area contributed by atoms with E-state index < -0.39 is 0 Å². The van der Waals surface area contributed by atoms with Crippen LogP contribution in [0, 0.1) is 6.92 Å². The van der Waals surface area contributed by atoms with Crippen LogP contribution in [0.25, 0.3) is 0 Å². The number of hydrogen-bond donors (Lipinski definition) is 0. The molecule has 0 nitrogen and oxygen atoms in total. The van der Waals surface area contributed by atoms with Crippen LogP contribution in [0.1, 0.15) is 38.7 Å². The minimum Gasteiger partial charge on any atom is -0.0654 e. The molecule has 0 aromatic heterocycles. The number of benzene rings is 1. The fraction of sp³-hybridized carbons (Fsp3) is 0.500. The van der Waals surface area contributed by atoms with E-state index in [1.807, 2.05) is 18.2 Å². The molecular weight excluding hydrogens is 144 g/mol. The molecule has 0 bridgehead atoms. The molecule has 68 valence electrons. The standard InChI is InChI=1S/C7H8.C5H12/c1-7-5-3-2-4-6-7;1-3-5-4-2/h2-6H,1H3;3-5H2,1-2H3. The molecule has 0 fully saturated rings. The van der Waals surface area contributed by atoms with Crippen molar-refractivity contribution < 1.29 is 0 Å². The third kappa shape index (κ3) is 7.33. The largest absolute Gasteiger partial charge is 0.0654 e. The maximum Gasteiger partial charge on any atom is -0.0398 e. The highest BCUT2D eigenvalue weighted by molar-refractivity contribution is 5.11. The van der Waals surface area contributed by atoms with Crippen molar-refractivity contribution in [2.24, 2.45) is 0 Å². The summed E-state index contributed by atoms with van der Waals surface area (Å²) < 4.78 is 0. The van der Waals surface area contributed by atoms with Crippen LogP contribution in [0.3, 0.4) is 0 Å². The SMILES string of the molecule is CCCCC.Cc1ccccc1. The van der Waals surface area contributed by atoms with E-state index in [0.717, 1.165) is 0 Å². The van der Waals surface area contributed by atoms with Crippen molar-refractivity contribution in [3.63, 3.8) is 0 Å². The molecule has 1 aromatic rings. The molecule has 0 aliphatic rings. The molecule has 0 heteroatoms. The van der Waals surface area contributed by atoms with Gasteiger partial charge in [0.15, 0.2) is 0 Å². The van der Waals surface area contributed by atoms with Crippen molar-refractivity contribution in [1.29, 1.82) is 0 Å². The average molecular weight is 164 g/mol. The molecule has 0 aliphatic heterocycles. The second-order valence-corrected chi connectivity index (χ2v) is 3.01. The van der Waals surface area contributed by atoms with E-state index in [4.69, 9.17) is 0 Å². The topological polar surface area (TPSA) is 0 Å². The van der Waals surface area contributed by atoms with Gasteiger partial charge in [0.1, 0.15) is 0 Å². The average Bonchev–Trinajstić information content (AvgIpc) is 2.08. The van der Waals surface area contributed by atoms with Gasteiger partial charge in [-0.05, 0) is 6.92 Å². The normalized spacial score (nSPS) is 8.58. The van der Waals surface area contributed by atoms with Gasteiger partial charge in [0.25, 0.3) is 0 Å². The second-order valence-electron chi connectivity index (χ2n) is 3.01. The predicted molar refractivity (Wildman–Crippen MR) is 56.4 cm³/mol. The first-order valence-corrected chi connectivity index (χ1v) is 4.82. The summed E-state index contributed by atoms with van der Waals surface area (Å²) >= 11 is 0. The Morgan fingerprint density at radius 2 is 1.42 bits per heavy atom. The Kier molecular flexibility index (Phi) is 7.78. The van der Waals surface area contributed by atoms with E-state index in [1.165, 1.54) is 24.8 Å². The Balaban J connectivity index is 0.000000217. The Morgan fingerprint density at radius 1 is 0.917 bits per heavy atom. The number of aryl methyl sites for hydroxylation is 1. The van der Waals surface area contributed by atoms with E-state index in [9.17, 15) is 0 Å². The van der Waals surface area contributed by atoms with Gasteiger partial charge in [-0.25, -0.2) is 0 Å². The van der Waals surface area contributed by atoms with Crippen molar-refractivity contribution in [2.75, 3.05) is 0 Å². The van der Waals surface area contributed by atoms with Crippen molar-refractivity contribution in [3.05, 3.63) is 35.9 Å². The van der Waals surface area contributed by atoms with Crippen molar-refractivity contribution in [2.45, 2.75) is 40.0 Å². The second kappa shape index (κ2) is 8.32. The number of hydrogen-bond acceptors (Lipinski definition) is 0. The smallest absolute Gasteiger partial charge is 0.0398 e. The van der Waals surface area contributed by atoms with E-state index in [-0.39, 0.29) is 0 Å². The van der Waals surface area contributed by atoms with Gasteiger partial charge in [-0.15, -0.1) is 0 Å². The van der Waals surface area contributed by atoms with E-state index in [2.05, 4.69) is 32.9 Å². The first-order chi connectivity index (χ1) is 5.81. The highest BCUT2D eigenvalue weighted by Crippen LogP contribution is 1.92. The van der Waals surface area contributed by atoms with Crippen LogP contribution in [-0.4, -0.2) is 0 Å². The Labute approximate surface area is 76.6 Å². The molecule has 0 unspecified atom stereocenters. The molecular formula is C12H20. The van der Waals surface area contributed by atoms with Gasteiger partial charge in [0, 0.05) is 0 Å². The molecule has 0 amide bonds. The summed E-state index contributed by atoms with van der Waals surface area (Å²) in [7, 11) is 0. The van der Waals surface area contributed by atoms with Crippen LogP contribution in [0.4, 0.5) is 0 Å². The van der Waals surface area contributed by atoms with Crippen LogP contribution >= 0.6 is 0 Å². The highest BCUT2D eigenvalue weighted by Gasteiger charge is 1.72. The molecule has 1 rings (SSSR count). The molecule has 0 radical (unpaired) electrons. The molecule has 0 saturated heterocycles. The van der Waals surface area contributed by atoms with Crippen LogP contribution in [0.5, 0.6) is 0 Å². The molecule has 0 heterocycles. The Hall–Kier alpha value is -0.780. The maximum atomic E-state index is 2.21. The number of unbranched alkanes of at least 4 members (excludes halogenated alkanes) is 2. The first-order valence-electron chi connectivity index (χ1n) is 4.82. The fourth-order valence-electron chi connectivity index (χ4n) is 0.888. The maximum absolute atomic E-state index is 2.21. The third-order valence-electron chi connectivity index (χ3n) is 1.65. The van der Waals surface area contributed by atoms with Crippen molar-refractivity contribution in [1.82, 2.24) is 0 Å². The van der Waals surface area contributed by atoms with Crippen LogP contribution < -0.4 is 0 Å². The van der Waals surface area contributed by atoms with E-state index in [0.29, 0.717) is 0 Å². The minimum absolute atomic E-state index is 1.32. The van der Waals surface area contributed by atoms with Gasteiger partial charge in [-0.3, -0.25) is 0 Å². The van der Waals surface area contributed by atoms with Gasteiger partial charge in [0.2, 0.25) is 0 Å². The van der Waals surface area contributed by atoms with Crippen LogP contribution in [0.15, 0.2) is 30.3 Å². The highest BCUT2D eigenvalue weighted by atomic mass is 13.8. The lowest BCUT2D eigenvalue weighted by molar-refractivity contribution is 0.772. The van der Waals surface area contributed by atoms with Gasteiger partial charge >= 0.3 is 0 Å². The first kappa shape index (κ1) is 11.2. The summed E-state index contributed by atoms with van der Waals surface area (Å²) in [5.41, 5.74) is 1.32. The fourth-order valence-corrected chi connectivity index (χ4v) is 0.888. The monoisotopic (exact) mass is 164 g/mol. The summed E-state index contributed by atoms with van der Waals surface area (Å²) in [6.07, 6.45) is 4.08. The van der Waals surface area contributed by atoms with Crippen LogP contribution in [0.2, 0.25) is 0 Å². The molecule has 0 saturated carbocycles. The van der Waals surface area contributed by atoms with Gasteiger partial charge in [-0.2, -0.15) is 0 Å². The summed E-state index contributed by atoms with van der Waals surface area (Å²) in [6, 6.07) is 10.3. The molecule has 0 atom stereocenters. The van der Waals surface area contributed by atoms with E-state index in [1.54, 1.807) is 0 Å². The molecule has 1 aromatic carbocycles. The lowest BCUT2D eigenvalue weighted by atomic mass is 10.2. The predicted octanol–water partition coefficient (Wildman–Crippen LogP) is 4.19. The summed E-state index contributed by atoms with van der Waals surface area (Å²) in [6.45, 7) is 6.51. The summed E-state index contributed by atoms with van der Waals surface area (Å²) in [5.74, 6) is 0. The molecule has 0 N–H and O–H groups in total. The third-order valence-corrected chi connectivity index (χ3v) is 1.65. The zero-order chi connectivity index (χ0) is 9.23. The summed E-state index contributed by atoms with van der Waals surface area (Å²) in [5, 5.41) is 0. The van der Waals surface area contributed by atoms with Crippen molar-refractivity contribution >= 4 is 0 Å². The molecule has 12 heavy (non-hydrogen) atoms. The van der Waals surface area contributed by atoms with Gasteiger partial charge < -0.3 is 0 Å². The molecule has 0 spiro atoms. The lowest BCUT2D eigenvalue weighted by Crippen LogP contribution is -1.62. The summed E-state index contributed by atoms with van der Waals surface area (Å²) in [4.78, 5) is 0. The zero-order valence-corrected chi connectivity index (χ0v) is 8.51. The lowest BCUT2D eigenvalue weighted by Gasteiger charge is -1.82. The van der Waals surface area contributed by atoms with E-state index >= 15 is 0 Å². The van der Waals surface area contributed by atoms with Crippen LogP contribution in [-0.2, 0) is 0 Å². The Morgan fingerprint density at radius 3 is 1.58 bits per heavy atom. The van der Waals surface area contributed by atoms with Crippen molar-refractivity contribution in [3.8, 4) is 0 Å². The van der Waals surface area contributed by atoms with Gasteiger partial charge in [-0.1, -0.05) is 69.0 Å². The minimum atomic E-state index is 1.32. The number of rotatable bonds is 2. The quantitative estimate of drug-likeness (QED) is 0.614. The molecule has 0 aliphatic carbocycles. The zero-order valence-electron chi connectivity index (χ0n) is 8.51. The van der Waals surface area contributed by atoms with Gasteiger partial charge in [0.05, 0.1) is 0 Å².